The van der Waals surface area contributed by atoms with E-state index in [1.165, 1.54) is 12.1 Å². The lowest BCUT2D eigenvalue weighted by molar-refractivity contribution is 0.0846. The standard InChI is InChI=1S/C12H17BrFNOS/c1-12(16,8-17-2)7-15-6-9-5-10(14)3-4-11(9)13/h3-5,15-16H,6-8H2,1-2H3/t12-/m0/s1. The third-order valence-electron chi connectivity index (χ3n) is 2.28. The first-order valence-corrected chi connectivity index (χ1v) is 7.49. The summed E-state index contributed by atoms with van der Waals surface area (Å²) in [4.78, 5) is 0. The molecule has 1 aromatic rings. The van der Waals surface area contributed by atoms with Crippen molar-refractivity contribution in [3.8, 4) is 0 Å². The number of nitrogens with one attached hydrogen (secondary N) is 1. The molecule has 0 unspecified atom stereocenters. The van der Waals surface area contributed by atoms with Crippen LogP contribution in [0.3, 0.4) is 0 Å². The number of benzene rings is 1. The minimum Gasteiger partial charge on any atom is -0.388 e. The highest BCUT2D eigenvalue weighted by molar-refractivity contribution is 9.10. The van der Waals surface area contributed by atoms with E-state index in [1.807, 2.05) is 6.26 Å². The number of hydrogen-bond donors (Lipinski definition) is 2. The molecule has 0 amide bonds. The van der Waals surface area contributed by atoms with Crippen LogP contribution in [0, 0.1) is 5.82 Å². The van der Waals surface area contributed by atoms with Gasteiger partial charge in [0, 0.05) is 23.3 Å². The maximum absolute atomic E-state index is 13.0. The van der Waals surface area contributed by atoms with Gasteiger partial charge in [-0.25, -0.2) is 4.39 Å². The summed E-state index contributed by atoms with van der Waals surface area (Å²) in [5.41, 5.74) is 0.115. The van der Waals surface area contributed by atoms with E-state index in [0.29, 0.717) is 18.8 Å². The van der Waals surface area contributed by atoms with Crippen LogP contribution >= 0.6 is 27.7 Å². The van der Waals surface area contributed by atoms with Crippen LogP contribution in [0.25, 0.3) is 0 Å². The van der Waals surface area contributed by atoms with Crippen molar-refractivity contribution in [1.82, 2.24) is 5.32 Å². The van der Waals surface area contributed by atoms with Crippen molar-refractivity contribution in [2.75, 3.05) is 18.6 Å². The second-order valence-corrected chi connectivity index (χ2v) is 5.99. The van der Waals surface area contributed by atoms with Gasteiger partial charge in [-0.3, -0.25) is 0 Å². The highest BCUT2D eigenvalue weighted by Crippen LogP contribution is 2.18. The molecular weight excluding hydrogens is 305 g/mol. The summed E-state index contributed by atoms with van der Waals surface area (Å²) in [7, 11) is 0. The van der Waals surface area contributed by atoms with Crippen LogP contribution in [0.15, 0.2) is 22.7 Å². The molecule has 0 fully saturated rings. The second-order valence-electron chi connectivity index (χ2n) is 4.27. The van der Waals surface area contributed by atoms with E-state index in [9.17, 15) is 9.50 Å². The van der Waals surface area contributed by atoms with Crippen LogP contribution in [0.5, 0.6) is 0 Å². The van der Waals surface area contributed by atoms with Crippen molar-refractivity contribution in [3.05, 3.63) is 34.1 Å². The van der Waals surface area contributed by atoms with Crippen molar-refractivity contribution in [2.45, 2.75) is 19.1 Å². The Morgan fingerprint density at radius 3 is 2.88 bits per heavy atom. The molecule has 0 saturated carbocycles. The third kappa shape index (κ3) is 5.38. The zero-order valence-electron chi connectivity index (χ0n) is 9.96. The predicted molar refractivity (Wildman–Crippen MR) is 74.8 cm³/mol. The Bertz CT molecular complexity index is 374. The zero-order chi connectivity index (χ0) is 12.9. The van der Waals surface area contributed by atoms with Gasteiger partial charge in [0.1, 0.15) is 5.82 Å². The highest BCUT2D eigenvalue weighted by Gasteiger charge is 2.18. The Morgan fingerprint density at radius 1 is 1.53 bits per heavy atom. The zero-order valence-corrected chi connectivity index (χ0v) is 12.4. The van der Waals surface area contributed by atoms with E-state index in [2.05, 4.69) is 21.2 Å². The Morgan fingerprint density at radius 2 is 2.24 bits per heavy atom. The average molecular weight is 322 g/mol. The monoisotopic (exact) mass is 321 g/mol. The van der Waals surface area contributed by atoms with Crippen LogP contribution in [0.2, 0.25) is 0 Å². The first-order chi connectivity index (χ1) is 7.94. The largest absolute Gasteiger partial charge is 0.388 e. The fraction of sp³-hybridized carbons (Fsp3) is 0.500. The first-order valence-electron chi connectivity index (χ1n) is 5.30. The number of hydrogen-bond acceptors (Lipinski definition) is 3. The lowest BCUT2D eigenvalue weighted by atomic mass is 10.1. The summed E-state index contributed by atoms with van der Waals surface area (Å²) < 4.78 is 13.9. The van der Waals surface area contributed by atoms with Gasteiger partial charge in [-0.05, 0) is 36.9 Å². The summed E-state index contributed by atoms with van der Waals surface area (Å²) in [6, 6.07) is 4.59. The van der Waals surface area contributed by atoms with Gasteiger partial charge in [-0.2, -0.15) is 11.8 Å². The SMILES string of the molecule is CSC[C@@](C)(O)CNCc1cc(F)ccc1Br. The number of thioether (sulfide) groups is 1. The fourth-order valence-electron chi connectivity index (χ4n) is 1.51. The first kappa shape index (κ1) is 15.0. The van der Waals surface area contributed by atoms with Gasteiger partial charge in [0.2, 0.25) is 0 Å². The highest BCUT2D eigenvalue weighted by atomic mass is 79.9. The number of rotatable bonds is 6. The normalized spacial score (nSPS) is 14.6. The molecule has 0 saturated heterocycles. The van der Waals surface area contributed by atoms with Gasteiger partial charge < -0.3 is 10.4 Å². The third-order valence-corrected chi connectivity index (χ3v) is 3.97. The molecule has 0 aromatic heterocycles. The van der Waals surface area contributed by atoms with E-state index < -0.39 is 5.60 Å². The average Bonchev–Trinajstić information content (AvgIpc) is 2.23. The van der Waals surface area contributed by atoms with Crippen LogP contribution in [-0.4, -0.2) is 29.3 Å². The lowest BCUT2D eigenvalue weighted by Crippen LogP contribution is -2.39. The smallest absolute Gasteiger partial charge is 0.123 e. The molecule has 96 valence electrons. The van der Waals surface area contributed by atoms with Gasteiger partial charge in [0.05, 0.1) is 5.60 Å². The molecular formula is C12H17BrFNOS. The van der Waals surface area contributed by atoms with Crippen LogP contribution in [0.1, 0.15) is 12.5 Å². The Labute approximate surface area is 114 Å². The summed E-state index contributed by atoms with van der Waals surface area (Å²) >= 11 is 4.97. The Hall–Kier alpha value is -0.100. The van der Waals surface area contributed by atoms with E-state index in [4.69, 9.17) is 0 Å². The van der Waals surface area contributed by atoms with Crippen molar-refractivity contribution >= 4 is 27.7 Å². The van der Waals surface area contributed by atoms with Crippen molar-refractivity contribution in [3.63, 3.8) is 0 Å². The second kappa shape index (κ2) is 6.73. The fourth-order valence-corrected chi connectivity index (χ4v) is 2.62. The Kier molecular flexibility index (Phi) is 5.92. The minimum absolute atomic E-state index is 0.249. The molecule has 0 aliphatic carbocycles. The molecule has 0 spiro atoms. The van der Waals surface area contributed by atoms with E-state index in [0.717, 1.165) is 10.0 Å². The van der Waals surface area contributed by atoms with Gasteiger partial charge in [-0.15, -0.1) is 0 Å². The van der Waals surface area contributed by atoms with E-state index in [1.54, 1.807) is 24.8 Å². The van der Waals surface area contributed by atoms with Crippen LogP contribution in [-0.2, 0) is 6.54 Å². The molecule has 2 N–H and O–H groups in total. The van der Waals surface area contributed by atoms with Gasteiger partial charge in [0.15, 0.2) is 0 Å². The number of aliphatic hydroxyl groups is 1. The quantitative estimate of drug-likeness (QED) is 0.845. The minimum atomic E-state index is -0.737. The summed E-state index contributed by atoms with van der Waals surface area (Å²) in [6.45, 7) is 2.80. The van der Waals surface area contributed by atoms with Gasteiger partial charge in [-0.1, -0.05) is 15.9 Å². The Balaban J connectivity index is 2.48. The maximum atomic E-state index is 13.0. The molecule has 0 aliphatic heterocycles. The maximum Gasteiger partial charge on any atom is 0.123 e. The van der Waals surface area contributed by atoms with Crippen molar-refractivity contribution in [1.29, 1.82) is 0 Å². The van der Waals surface area contributed by atoms with E-state index >= 15 is 0 Å². The summed E-state index contributed by atoms with van der Waals surface area (Å²) in [5.74, 6) is 0.422. The van der Waals surface area contributed by atoms with Gasteiger partial charge in [0.25, 0.3) is 0 Å². The summed E-state index contributed by atoms with van der Waals surface area (Å²) in [6.07, 6.45) is 1.96. The van der Waals surface area contributed by atoms with E-state index in [-0.39, 0.29) is 5.82 Å². The van der Waals surface area contributed by atoms with Gasteiger partial charge >= 0.3 is 0 Å². The molecule has 17 heavy (non-hydrogen) atoms. The molecule has 1 atom stereocenters. The molecule has 0 aliphatic rings. The van der Waals surface area contributed by atoms with Crippen molar-refractivity contribution < 1.29 is 9.50 Å². The van der Waals surface area contributed by atoms with Crippen molar-refractivity contribution in [2.24, 2.45) is 0 Å². The molecule has 0 heterocycles. The molecule has 1 rings (SSSR count). The van der Waals surface area contributed by atoms with Crippen LogP contribution in [0.4, 0.5) is 4.39 Å². The molecule has 5 heteroatoms. The number of halogens is 2. The topological polar surface area (TPSA) is 32.3 Å². The summed E-state index contributed by atoms with van der Waals surface area (Å²) in [5, 5.41) is 13.1. The molecule has 2 nitrogen and oxygen atoms in total. The van der Waals surface area contributed by atoms with Crippen LogP contribution < -0.4 is 5.32 Å². The molecule has 0 bridgehead atoms. The predicted octanol–water partition coefficient (Wildman–Crippen LogP) is 2.79. The lowest BCUT2D eigenvalue weighted by Gasteiger charge is -2.22. The molecule has 1 aromatic carbocycles. The molecule has 0 radical (unpaired) electrons.